The number of carbonyl (C=O) groups is 1. The van der Waals surface area contributed by atoms with Gasteiger partial charge in [-0.1, -0.05) is 32.0 Å². The van der Waals surface area contributed by atoms with E-state index < -0.39 is 17.2 Å². The Bertz CT molecular complexity index is 668. The van der Waals surface area contributed by atoms with Crippen molar-refractivity contribution in [3.8, 4) is 11.3 Å². The lowest BCUT2D eigenvalue weighted by atomic mass is 9.88. The fraction of sp³-hybridized carbons (Fsp3) is 0.333. The molecule has 2 rings (SSSR count). The molecule has 0 atom stereocenters. The molecule has 106 valence electrons. The van der Waals surface area contributed by atoms with Gasteiger partial charge in [-0.3, -0.25) is 0 Å². The Morgan fingerprint density at radius 2 is 2.00 bits per heavy atom. The van der Waals surface area contributed by atoms with Gasteiger partial charge in [-0.05, 0) is 24.6 Å². The second-order valence-corrected chi connectivity index (χ2v) is 5.75. The highest BCUT2D eigenvalue weighted by atomic mass is 19.1. The van der Waals surface area contributed by atoms with Crippen LogP contribution in [-0.4, -0.2) is 16.2 Å². The average Bonchev–Trinajstić information content (AvgIpc) is 2.76. The highest BCUT2D eigenvalue weighted by molar-refractivity contribution is 5.96. The first-order valence-electron chi connectivity index (χ1n) is 6.22. The number of hydrogen-bond acceptors (Lipinski definition) is 3. The molecule has 0 unspecified atom stereocenters. The van der Waals surface area contributed by atoms with Crippen molar-refractivity contribution < 1.29 is 18.8 Å². The molecule has 0 spiro atoms. The highest BCUT2D eigenvalue weighted by Gasteiger charge is 2.31. The SMILES string of the molecule is Cc1ccc(F)cc1-c1noc(C(C)(C)C)c1C(=O)O. The van der Waals surface area contributed by atoms with Crippen molar-refractivity contribution in [1.29, 1.82) is 0 Å². The third-order valence-corrected chi connectivity index (χ3v) is 3.04. The van der Waals surface area contributed by atoms with E-state index in [1.807, 2.05) is 20.8 Å². The van der Waals surface area contributed by atoms with Crippen molar-refractivity contribution in [3.05, 3.63) is 40.9 Å². The van der Waals surface area contributed by atoms with Crippen molar-refractivity contribution in [2.75, 3.05) is 0 Å². The first kappa shape index (κ1) is 14.2. The predicted octanol–water partition coefficient (Wildman–Crippen LogP) is 3.78. The zero-order valence-electron chi connectivity index (χ0n) is 11.8. The number of carboxylic acid groups (broad SMARTS) is 1. The van der Waals surface area contributed by atoms with Crippen LogP contribution in [0.1, 0.15) is 42.5 Å². The topological polar surface area (TPSA) is 63.3 Å². The smallest absolute Gasteiger partial charge is 0.341 e. The van der Waals surface area contributed by atoms with Crippen molar-refractivity contribution in [2.24, 2.45) is 0 Å². The summed E-state index contributed by atoms with van der Waals surface area (Å²) in [5.41, 5.74) is 0.829. The van der Waals surface area contributed by atoms with E-state index in [2.05, 4.69) is 5.16 Å². The van der Waals surface area contributed by atoms with Gasteiger partial charge in [-0.15, -0.1) is 0 Å². The zero-order chi connectivity index (χ0) is 15.1. The zero-order valence-corrected chi connectivity index (χ0v) is 11.8. The maximum atomic E-state index is 13.4. The number of hydrogen-bond donors (Lipinski definition) is 1. The molecule has 5 heteroatoms. The summed E-state index contributed by atoms with van der Waals surface area (Å²) in [5.74, 6) is -1.29. The van der Waals surface area contributed by atoms with E-state index >= 15 is 0 Å². The Hall–Kier alpha value is -2.17. The number of rotatable bonds is 2. The van der Waals surface area contributed by atoms with Gasteiger partial charge in [0.2, 0.25) is 0 Å². The fourth-order valence-corrected chi connectivity index (χ4v) is 2.03. The minimum absolute atomic E-state index is 0.00815. The molecular formula is C15H16FNO3. The van der Waals surface area contributed by atoms with Gasteiger partial charge < -0.3 is 9.63 Å². The second kappa shape index (κ2) is 4.74. The van der Waals surface area contributed by atoms with E-state index in [-0.39, 0.29) is 17.0 Å². The number of halogens is 1. The summed E-state index contributed by atoms with van der Waals surface area (Å²) in [5, 5.41) is 13.3. The summed E-state index contributed by atoms with van der Waals surface area (Å²) >= 11 is 0. The standard InChI is InChI=1S/C15H16FNO3/c1-8-5-6-9(16)7-10(8)12-11(14(18)19)13(20-17-12)15(2,3)4/h5-7H,1-4H3,(H,18,19). The molecule has 0 aliphatic rings. The first-order valence-corrected chi connectivity index (χ1v) is 6.22. The lowest BCUT2D eigenvalue weighted by Crippen LogP contribution is -2.15. The molecule has 0 bridgehead atoms. The van der Waals surface area contributed by atoms with Crippen LogP contribution in [0.3, 0.4) is 0 Å². The minimum atomic E-state index is -1.13. The van der Waals surface area contributed by atoms with Crippen LogP contribution >= 0.6 is 0 Å². The van der Waals surface area contributed by atoms with Crippen molar-refractivity contribution in [2.45, 2.75) is 33.1 Å². The number of benzene rings is 1. The van der Waals surface area contributed by atoms with E-state index in [1.165, 1.54) is 12.1 Å². The molecule has 0 fully saturated rings. The summed E-state index contributed by atoms with van der Waals surface area (Å²) < 4.78 is 18.6. The molecule has 1 N–H and O–H groups in total. The van der Waals surface area contributed by atoms with E-state index in [9.17, 15) is 14.3 Å². The fourth-order valence-electron chi connectivity index (χ4n) is 2.03. The third-order valence-electron chi connectivity index (χ3n) is 3.04. The molecule has 1 heterocycles. The van der Waals surface area contributed by atoms with Gasteiger partial charge in [-0.25, -0.2) is 9.18 Å². The quantitative estimate of drug-likeness (QED) is 0.907. The van der Waals surface area contributed by atoms with E-state index in [4.69, 9.17) is 4.52 Å². The van der Waals surface area contributed by atoms with Crippen LogP contribution < -0.4 is 0 Å². The molecule has 0 saturated heterocycles. The molecule has 1 aromatic heterocycles. The number of carboxylic acids is 1. The molecule has 0 aliphatic carbocycles. The van der Waals surface area contributed by atoms with Gasteiger partial charge in [0, 0.05) is 11.0 Å². The van der Waals surface area contributed by atoms with Crippen LogP contribution in [0.2, 0.25) is 0 Å². The monoisotopic (exact) mass is 277 g/mol. The number of aryl methyl sites for hydroxylation is 1. The van der Waals surface area contributed by atoms with Crippen molar-refractivity contribution >= 4 is 5.97 Å². The Labute approximate surface area is 116 Å². The van der Waals surface area contributed by atoms with E-state index in [0.29, 0.717) is 5.56 Å². The third kappa shape index (κ3) is 2.43. The maximum absolute atomic E-state index is 13.4. The normalized spacial score (nSPS) is 11.7. The average molecular weight is 277 g/mol. The molecule has 0 saturated carbocycles. The van der Waals surface area contributed by atoms with E-state index in [0.717, 1.165) is 5.56 Å². The van der Waals surface area contributed by atoms with E-state index in [1.54, 1.807) is 13.0 Å². The van der Waals surface area contributed by atoms with Crippen LogP contribution in [0.15, 0.2) is 22.7 Å². The van der Waals surface area contributed by atoms with Gasteiger partial charge in [0.25, 0.3) is 0 Å². The summed E-state index contributed by atoms with van der Waals surface area (Å²) in [7, 11) is 0. The summed E-state index contributed by atoms with van der Waals surface area (Å²) in [4.78, 5) is 11.5. The molecule has 0 radical (unpaired) electrons. The van der Waals surface area contributed by atoms with Gasteiger partial charge in [0.15, 0.2) is 5.76 Å². The lowest BCUT2D eigenvalue weighted by Gasteiger charge is -2.14. The van der Waals surface area contributed by atoms with Crippen LogP contribution in [0, 0.1) is 12.7 Å². The van der Waals surface area contributed by atoms with Crippen LogP contribution in [0.4, 0.5) is 4.39 Å². The maximum Gasteiger partial charge on any atom is 0.341 e. The number of aromatic nitrogens is 1. The number of aromatic carboxylic acids is 1. The molecule has 1 aromatic carbocycles. The summed E-state index contributed by atoms with van der Waals surface area (Å²) in [6.45, 7) is 7.28. The lowest BCUT2D eigenvalue weighted by molar-refractivity contribution is 0.0693. The largest absolute Gasteiger partial charge is 0.477 e. The Morgan fingerprint density at radius 3 is 2.55 bits per heavy atom. The molecular weight excluding hydrogens is 261 g/mol. The van der Waals surface area contributed by atoms with Crippen LogP contribution in [0.5, 0.6) is 0 Å². The van der Waals surface area contributed by atoms with Gasteiger partial charge >= 0.3 is 5.97 Å². The molecule has 20 heavy (non-hydrogen) atoms. The Kier molecular flexibility index (Phi) is 3.38. The summed E-state index contributed by atoms with van der Waals surface area (Å²) in [6.07, 6.45) is 0. The Morgan fingerprint density at radius 1 is 1.35 bits per heavy atom. The second-order valence-electron chi connectivity index (χ2n) is 5.75. The highest BCUT2D eigenvalue weighted by Crippen LogP contribution is 2.34. The van der Waals surface area contributed by atoms with Crippen molar-refractivity contribution in [1.82, 2.24) is 5.16 Å². The predicted molar refractivity (Wildman–Crippen MR) is 72.3 cm³/mol. The molecule has 0 aliphatic heterocycles. The molecule has 2 aromatic rings. The number of nitrogens with zero attached hydrogens (tertiary/aromatic N) is 1. The van der Waals surface area contributed by atoms with Gasteiger partial charge in [0.05, 0.1) is 0 Å². The first-order chi connectivity index (χ1) is 9.21. The van der Waals surface area contributed by atoms with Gasteiger partial charge in [-0.2, -0.15) is 0 Å². The molecule has 0 amide bonds. The van der Waals surface area contributed by atoms with Crippen LogP contribution in [0.25, 0.3) is 11.3 Å². The summed E-state index contributed by atoms with van der Waals surface area (Å²) in [6, 6.07) is 4.18. The van der Waals surface area contributed by atoms with Crippen LogP contribution in [-0.2, 0) is 5.41 Å². The minimum Gasteiger partial charge on any atom is -0.477 e. The molecule has 4 nitrogen and oxygen atoms in total. The van der Waals surface area contributed by atoms with Gasteiger partial charge in [0.1, 0.15) is 17.1 Å². The van der Waals surface area contributed by atoms with Crippen molar-refractivity contribution in [3.63, 3.8) is 0 Å². The Balaban J connectivity index is 2.73.